The van der Waals surface area contributed by atoms with Crippen molar-refractivity contribution in [2.75, 3.05) is 19.0 Å². The highest BCUT2D eigenvalue weighted by atomic mass is 127. The van der Waals surface area contributed by atoms with Crippen LogP contribution < -0.4 is 5.32 Å². The van der Waals surface area contributed by atoms with Crippen LogP contribution in [-0.4, -0.2) is 24.6 Å². The van der Waals surface area contributed by atoms with Gasteiger partial charge in [0.25, 0.3) is 5.91 Å². The third-order valence-electron chi connectivity index (χ3n) is 1.26. The average Bonchev–Trinajstić information content (AvgIpc) is 2.04. The number of methoxy groups -OCH3 is 1. The summed E-state index contributed by atoms with van der Waals surface area (Å²) in [7, 11) is 1.47. The van der Waals surface area contributed by atoms with E-state index in [0.717, 1.165) is 3.57 Å². The standard InChI is InChI=1S/C8H9IN2O2/c1-13-5-8(12)11-7-4-6(9)2-3-10-7/h2-4H,5H2,1H3,(H,10,11,12). The fourth-order valence-corrected chi connectivity index (χ4v) is 1.24. The summed E-state index contributed by atoms with van der Waals surface area (Å²) in [5, 5.41) is 2.60. The molecule has 4 nitrogen and oxygen atoms in total. The third-order valence-corrected chi connectivity index (χ3v) is 1.94. The van der Waals surface area contributed by atoms with Crippen LogP contribution in [0, 0.1) is 3.57 Å². The first-order valence-electron chi connectivity index (χ1n) is 3.62. The van der Waals surface area contributed by atoms with E-state index in [-0.39, 0.29) is 12.5 Å². The predicted molar refractivity (Wildman–Crippen MR) is 57.5 cm³/mol. The molecule has 1 aromatic heterocycles. The van der Waals surface area contributed by atoms with Gasteiger partial charge >= 0.3 is 0 Å². The normalized spacial score (nSPS) is 9.69. The van der Waals surface area contributed by atoms with Crippen molar-refractivity contribution in [1.82, 2.24) is 4.98 Å². The summed E-state index contributed by atoms with van der Waals surface area (Å²) in [4.78, 5) is 15.0. The summed E-state index contributed by atoms with van der Waals surface area (Å²) >= 11 is 2.15. The van der Waals surface area contributed by atoms with Crippen LogP contribution in [0.1, 0.15) is 0 Å². The quantitative estimate of drug-likeness (QED) is 0.854. The van der Waals surface area contributed by atoms with Gasteiger partial charge < -0.3 is 10.1 Å². The minimum Gasteiger partial charge on any atom is -0.375 e. The molecule has 0 aliphatic heterocycles. The zero-order valence-corrected chi connectivity index (χ0v) is 9.24. The molecule has 0 saturated carbocycles. The van der Waals surface area contributed by atoms with Crippen LogP contribution in [0.15, 0.2) is 18.3 Å². The molecule has 0 bridgehead atoms. The maximum atomic E-state index is 11.0. The van der Waals surface area contributed by atoms with Gasteiger partial charge in [0, 0.05) is 16.9 Å². The van der Waals surface area contributed by atoms with Gasteiger partial charge in [0.1, 0.15) is 12.4 Å². The van der Waals surface area contributed by atoms with Crippen LogP contribution in [0.4, 0.5) is 5.82 Å². The SMILES string of the molecule is COCC(=O)Nc1cc(I)ccn1. The lowest BCUT2D eigenvalue weighted by molar-refractivity contribution is -0.119. The number of nitrogens with zero attached hydrogens (tertiary/aromatic N) is 1. The summed E-state index contributed by atoms with van der Waals surface area (Å²) in [6.07, 6.45) is 1.64. The topological polar surface area (TPSA) is 51.2 Å². The van der Waals surface area contributed by atoms with Crippen molar-refractivity contribution in [3.8, 4) is 0 Å². The van der Waals surface area contributed by atoms with Gasteiger partial charge in [0.2, 0.25) is 0 Å². The number of anilines is 1. The van der Waals surface area contributed by atoms with Gasteiger partial charge in [-0.15, -0.1) is 0 Å². The number of amides is 1. The Morgan fingerprint density at radius 3 is 3.15 bits per heavy atom. The van der Waals surface area contributed by atoms with Crippen molar-refractivity contribution in [2.45, 2.75) is 0 Å². The Kier molecular flexibility index (Phi) is 4.10. The number of aromatic nitrogens is 1. The third kappa shape index (κ3) is 3.69. The van der Waals surface area contributed by atoms with E-state index in [2.05, 4.69) is 37.6 Å². The highest BCUT2D eigenvalue weighted by Gasteiger charge is 2.01. The van der Waals surface area contributed by atoms with Crippen molar-refractivity contribution in [1.29, 1.82) is 0 Å². The zero-order valence-electron chi connectivity index (χ0n) is 7.08. The molecule has 0 unspecified atom stereocenters. The highest BCUT2D eigenvalue weighted by molar-refractivity contribution is 14.1. The minimum absolute atomic E-state index is 0.0488. The van der Waals surface area contributed by atoms with Gasteiger partial charge in [-0.25, -0.2) is 4.98 Å². The van der Waals surface area contributed by atoms with Crippen molar-refractivity contribution in [3.63, 3.8) is 0 Å². The Labute approximate surface area is 89.8 Å². The smallest absolute Gasteiger partial charge is 0.251 e. The van der Waals surface area contributed by atoms with E-state index in [1.54, 1.807) is 12.3 Å². The molecule has 1 N–H and O–H groups in total. The number of hydrogen-bond donors (Lipinski definition) is 1. The molecule has 5 heteroatoms. The zero-order chi connectivity index (χ0) is 9.68. The van der Waals surface area contributed by atoms with Gasteiger partial charge in [-0.3, -0.25) is 4.79 Å². The van der Waals surface area contributed by atoms with Crippen molar-refractivity contribution in [3.05, 3.63) is 21.9 Å². The molecular formula is C8H9IN2O2. The fourth-order valence-electron chi connectivity index (χ4n) is 0.783. The Balaban J connectivity index is 2.58. The van der Waals surface area contributed by atoms with Crippen molar-refractivity contribution in [2.24, 2.45) is 0 Å². The van der Waals surface area contributed by atoms with Crippen molar-refractivity contribution >= 4 is 34.3 Å². The van der Waals surface area contributed by atoms with Crippen LogP contribution in [0.5, 0.6) is 0 Å². The largest absolute Gasteiger partial charge is 0.375 e. The molecule has 13 heavy (non-hydrogen) atoms. The van der Waals surface area contributed by atoms with Crippen molar-refractivity contribution < 1.29 is 9.53 Å². The Hall–Kier alpha value is -0.690. The number of rotatable bonds is 3. The Bertz CT molecular complexity index is 304. The number of pyridine rings is 1. The summed E-state index contributed by atoms with van der Waals surface area (Å²) in [6, 6.07) is 3.64. The minimum atomic E-state index is -0.197. The van der Waals surface area contributed by atoms with E-state index < -0.39 is 0 Å². The van der Waals surface area contributed by atoms with Gasteiger partial charge in [-0.1, -0.05) is 0 Å². The number of nitrogens with one attached hydrogen (secondary N) is 1. The average molecular weight is 292 g/mol. The van der Waals surface area contributed by atoms with Gasteiger partial charge in [-0.05, 0) is 34.7 Å². The molecule has 1 amide bonds. The van der Waals surface area contributed by atoms with E-state index in [1.807, 2.05) is 6.07 Å². The van der Waals surface area contributed by atoms with E-state index >= 15 is 0 Å². The number of carbonyl (C=O) groups excluding carboxylic acids is 1. The maximum absolute atomic E-state index is 11.0. The fraction of sp³-hybridized carbons (Fsp3) is 0.250. The molecule has 0 spiro atoms. The first kappa shape index (κ1) is 10.4. The van der Waals surface area contributed by atoms with Crippen LogP contribution in [0.3, 0.4) is 0 Å². The molecule has 0 radical (unpaired) electrons. The molecule has 0 aromatic carbocycles. The summed E-state index contributed by atoms with van der Waals surface area (Å²) < 4.78 is 5.69. The summed E-state index contributed by atoms with van der Waals surface area (Å²) in [6.45, 7) is 0.0488. The summed E-state index contributed by atoms with van der Waals surface area (Å²) in [5.74, 6) is 0.353. The van der Waals surface area contributed by atoms with Crippen LogP contribution in [-0.2, 0) is 9.53 Å². The molecular weight excluding hydrogens is 283 g/mol. The molecule has 0 aliphatic rings. The lowest BCUT2D eigenvalue weighted by atomic mass is 10.4. The van der Waals surface area contributed by atoms with Crippen LogP contribution in [0.25, 0.3) is 0 Å². The second kappa shape index (κ2) is 5.13. The maximum Gasteiger partial charge on any atom is 0.251 e. The van der Waals surface area contributed by atoms with E-state index in [4.69, 9.17) is 0 Å². The molecule has 1 heterocycles. The van der Waals surface area contributed by atoms with E-state index in [1.165, 1.54) is 7.11 Å². The van der Waals surface area contributed by atoms with Gasteiger partial charge in [0.15, 0.2) is 0 Å². The molecule has 70 valence electrons. The first-order chi connectivity index (χ1) is 6.22. The molecule has 0 fully saturated rings. The predicted octanol–water partition coefficient (Wildman–Crippen LogP) is 1.27. The van der Waals surface area contributed by atoms with Crippen LogP contribution in [0.2, 0.25) is 0 Å². The lowest BCUT2D eigenvalue weighted by Gasteiger charge is -2.02. The monoisotopic (exact) mass is 292 g/mol. The molecule has 1 aromatic rings. The second-order valence-electron chi connectivity index (χ2n) is 2.34. The van der Waals surface area contributed by atoms with Gasteiger partial charge in [0.05, 0.1) is 0 Å². The first-order valence-corrected chi connectivity index (χ1v) is 4.70. The molecule has 0 aliphatic carbocycles. The number of ether oxygens (including phenoxy) is 1. The van der Waals surface area contributed by atoms with E-state index in [9.17, 15) is 4.79 Å². The highest BCUT2D eigenvalue weighted by Crippen LogP contribution is 2.08. The molecule has 0 saturated heterocycles. The number of hydrogen-bond acceptors (Lipinski definition) is 3. The molecule has 0 atom stereocenters. The van der Waals surface area contributed by atoms with Crippen LogP contribution >= 0.6 is 22.6 Å². The Morgan fingerprint density at radius 1 is 1.77 bits per heavy atom. The Morgan fingerprint density at radius 2 is 2.54 bits per heavy atom. The molecule has 1 rings (SSSR count). The number of carbonyl (C=O) groups is 1. The number of halogens is 1. The van der Waals surface area contributed by atoms with Gasteiger partial charge in [-0.2, -0.15) is 0 Å². The lowest BCUT2D eigenvalue weighted by Crippen LogP contribution is -2.17. The van der Waals surface area contributed by atoms with E-state index in [0.29, 0.717) is 5.82 Å². The summed E-state index contributed by atoms with van der Waals surface area (Å²) in [5.41, 5.74) is 0. The second-order valence-corrected chi connectivity index (χ2v) is 3.59.